The van der Waals surface area contributed by atoms with E-state index in [1.165, 1.54) is 0 Å². The lowest BCUT2D eigenvalue weighted by atomic mass is 10.4. The van der Waals surface area contributed by atoms with Crippen molar-refractivity contribution in [1.29, 1.82) is 0 Å². The number of hydrogen-bond donors (Lipinski definition) is 2. The summed E-state index contributed by atoms with van der Waals surface area (Å²) >= 11 is 0.939. The standard InChI is InChI=1S/C6H10O4S/c1-2-3-11-4(5(7)8)6(9)10/h4H,2-3H2,1H3,(H,7,8)(H,9,10). The van der Waals surface area contributed by atoms with Crippen LogP contribution in [0.5, 0.6) is 0 Å². The molecule has 0 unspecified atom stereocenters. The van der Waals surface area contributed by atoms with Gasteiger partial charge in [-0.1, -0.05) is 6.92 Å². The van der Waals surface area contributed by atoms with Gasteiger partial charge in [-0.25, -0.2) is 0 Å². The van der Waals surface area contributed by atoms with Crippen LogP contribution in [0.15, 0.2) is 0 Å². The van der Waals surface area contributed by atoms with Crippen LogP contribution in [-0.2, 0) is 9.59 Å². The van der Waals surface area contributed by atoms with Gasteiger partial charge in [-0.05, 0) is 12.2 Å². The lowest BCUT2D eigenvalue weighted by molar-refractivity contribution is -0.146. The fourth-order valence-electron chi connectivity index (χ4n) is 0.484. The molecule has 0 aromatic heterocycles. The lowest BCUT2D eigenvalue weighted by Gasteiger charge is -2.04. The molecule has 0 amide bonds. The molecule has 0 aromatic carbocycles. The van der Waals surface area contributed by atoms with E-state index in [1.807, 2.05) is 6.92 Å². The molecular weight excluding hydrogens is 168 g/mol. The molecule has 0 aliphatic heterocycles. The van der Waals surface area contributed by atoms with Crippen molar-refractivity contribution in [3.63, 3.8) is 0 Å². The van der Waals surface area contributed by atoms with E-state index in [-0.39, 0.29) is 0 Å². The summed E-state index contributed by atoms with van der Waals surface area (Å²) in [6.07, 6.45) is 0.779. The summed E-state index contributed by atoms with van der Waals surface area (Å²) < 4.78 is 0. The van der Waals surface area contributed by atoms with Crippen LogP contribution in [-0.4, -0.2) is 33.2 Å². The molecule has 0 bridgehead atoms. The summed E-state index contributed by atoms with van der Waals surface area (Å²) in [4.78, 5) is 20.5. The highest BCUT2D eigenvalue weighted by molar-refractivity contribution is 8.01. The van der Waals surface area contributed by atoms with E-state index in [2.05, 4.69) is 0 Å². The minimum atomic E-state index is -1.31. The zero-order chi connectivity index (χ0) is 8.85. The molecule has 0 spiro atoms. The van der Waals surface area contributed by atoms with E-state index < -0.39 is 17.2 Å². The number of carboxylic acid groups (broad SMARTS) is 2. The van der Waals surface area contributed by atoms with Gasteiger partial charge in [-0.2, -0.15) is 0 Å². The third-order valence-corrected chi connectivity index (χ3v) is 2.32. The monoisotopic (exact) mass is 178 g/mol. The fourth-order valence-corrected chi connectivity index (χ4v) is 1.24. The third-order valence-electron chi connectivity index (χ3n) is 0.937. The van der Waals surface area contributed by atoms with Gasteiger partial charge in [0.15, 0.2) is 5.25 Å². The molecule has 0 aliphatic carbocycles. The molecule has 64 valence electrons. The second kappa shape index (κ2) is 5.01. The zero-order valence-electron chi connectivity index (χ0n) is 6.11. The molecule has 0 rings (SSSR count). The number of rotatable bonds is 5. The second-order valence-electron chi connectivity index (χ2n) is 1.93. The van der Waals surface area contributed by atoms with Crippen LogP contribution < -0.4 is 0 Å². The van der Waals surface area contributed by atoms with Crippen LogP contribution in [0.4, 0.5) is 0 Å². The van der Waals surface area contributed by atoms with E-state index in [9.17, 15) is 9.59 Å². The molecule has 0 heterocycles. The minimum Gasteiger partial charge on any atom is -0.480 e. The molecule has 2 N–H and O–H groups in total. The van der Waals surface area contributed by atoms with Crippen molar-refractivity contribution in [2.45, 2.75) is 18.6 Å². The highest BCUT2D eigenvalue weighted by Crippen LogP contribution is 2.12. The first-order valence-corrected chi connectivity index (χ1v) is 4.21. The molecule has 0 aromatic rings. The largest absolute Gasteiger partial charge is 0.480 e. The molecule has 11 heavy (non-hydrogen) atoms. The molecule has 0 radical (unpaired) electrons. The maximum absolute atomic E-state index is 10.2. The van der Waals surface area contributed by atoms with Crippen LogP contribution >= 0.6 is 11.8 Å². The first kappa shape index (κ1) is 10.3. The fraction of sp³-hybridized carbons (Fsp3) is 0.667. The van der Waals surface area contributed by atoms with Crippen LogP contribution in [0.3, 0.4) is 0 Å². The summed E-state index contributed by atoms with van der Waals surface area (Å²) in [5.74, 6) is -2.00. The van der Waals surface area contributed by atoms with Gasteiger partial charge in [-0.3, -0.25) is 9.59 Å². The van der Waals surface area contributed by atoms with Crippen molar-refractivity contribution >= 4 is 23.7 Å². The van der Waals surface area contributed by atoms with Crippen molar-refractivity contribution in [1.82, 2.24) is 0 Å². The topological polar surface area (TPSA) is 74.6 Å². The first-order chi connectivity index (χ1) is 5.09. The van der Waals surface area contributed by atoms with Crippen molar-refractivity contribution in [2.75, 3.05) is 5.75 Å². The Bertz CT molecular complexity index is 143. The lowest BCUT2D eigenvalue weighted by Crippen LogP contribution is -2.26. The van der Waals surface area contributed by atoms with E-state index in [0.29, 0.717) is 5.75 Å². The molecule has 4 nitrogen and oxygen atoms in total. The average molecular weight is 178 g/mol. The summed E-state index contributed by atoms with van der Waals surface area (Å²) in [5, 5.41) is 15.4. The molecule has 0 aliphatic rings. The van der Waals surface area contributed by atoms with E-state index >= 15 is 0 Å². The average Bonchev–Trinajstić information content (AvgIpc) is 1.87. The number of carbonyl (C=O) groups is 2. The zero-order valence-corrected chi connectivity index (χ0v) is 6.93. The van der Waals surface area contributed by atoms with Crippen molar-refractivity contribution in [3.8, 4) is 0 Å². The summed E-state index contributed by atoms with van der Waals surface area (Å²) in [7, 11) is 0. The predicted octanol–water partition coefficient (Wildman–Crippen LogP) is 0.667. The first-order valence-electron chi connectivity index (χ1n) is 3.16. The second-order valence-corrected chi connectivity index (χ2v) is 3.14. The summed E-state index contributed by atoms with van der Waals surface area (Å²) in [6, 6.07) is 0. The van der Waals surface area contributed by atoms with E-state index in [4.69, 9.17) is 10.2 Å². The van der Waals surface area contributed by atoms with Gasteiger partial charge in [0, 0.05) is 0 Å². The normalized spacial score (nSPS) is 10.0. The van der Waals surface area contributed by atoms with Gasteiger partial charge >= 0.3 is 11.9 Å². The SMILES string of the molecule is CCCSC(C(=O)O)C(=O)O. The van der Waals surface area contributed by atoms with Crippen LogP contribution in [0.2, 0.25) is 0 Å². The smallest absolute Gasteiger partial charge is 0.328 e. The quantitative estimate of drug-likeness (QED) is 0.605. The number of aliphatic carboxylic acids is 2. The van der Waals surface area contributed by atoms with Gasteiger partial charge in [0.25, 0.3) is 0 Å². The van der Waals surface area contributed by atoms with E-state index in [1.54, 1.807) is 0 Å². The molecule has 0 saturated carbocycles. The Kier molecular flexibility index (Phi) is 4.69. The van der Waals surface area contributed by atoms with Gasteiger partial charge in [0.05, 0.1) is 0 Å². The molecule has 0 fully saturated rings. The van der Waals surface area contributed by atoms with Crippen LogP contribution in [0.25, 0.3) is 0 Å². The molecule has 0 atom stereocenters. The molecular formula is C6H10O4S. The maximum atomic E-state index is 10.2. The highest BCUT2D eigenvalue weighted by atomic mass is 32.2. The Balaban J connectivity index is 3.90. The number of hydrogen-bond acceptors (Lipinski definition) is 3. The Morgan fingerprint density at radius 2 is 1.82 bits per heavy atom. The Labute approximate surface area is 68.6 Å². The maximum Gasteiger partial charge on any atom is 0.328 e. The predicted molar refractivity (Wildman–Crippen MR) is 41.8 cm³/mol. The van der Waals surface area contributed by atoms with Gasteiger partial charge in [0.1, 0.15) is 0 Å². The Morgan fingerprint density at radius 1 is 1.36 bits per heavy atom. The van der Waals surface area contributed by atoms with Gasteiger partial charge in [0.2, 0.25) is 0 Å². The summed E-state index contributed by atoms with van der Waals surface area (Å²) in [6.45, 7) is 1.87. The molecule has 5 heteroatoms. The third kappa shape index (κ3) is 3.87. The summed E-state index contributed by atoms with van der Waals surface area (Å²) in [5.41, 5.74) is 0. The van der Waals surface area contributed by atoms with Crippen molar-refractivity contribution in [3.05, 3.63) is 0 Å². The number of thioether (sulfide) groups is 1. The van der Waals surface area contributed by atoms with Crippen LogP contribution in [0.1, 0.15) is 13.3 Å². The highest BCUT2D eigenvalue weighted by Gasteiger charge is 2.25. The van der Waals surface area contributed by atoms with E-state index in [0.717, 1.165) is 18.2 Å². The number of carboxylic acids is 2. The van der Waals surface area contributed by atoms with Gasteiger partial charge in [-0.15, -0.1) is 11.8 Å². The van der Waals surface area contributed by atoms with Gasteiger partial charge < -0.3 is 10.2 Å². The Hall–Kier alpha value is -0.710. The minimum absolute atomic E-state index is 0.559. The Morgan fingerprint density at radius 3 is 2.09 bits per heavy atom. The van der Waals surface area contributed by atoms with Crippen LogP contribution in [0, 0.1) is 0 Å². The van der Waals surface area contributed by atoms with Crippen molar-refractivity contribution < 1.29 is 19.8 Å². The van der Waals surface area contributed by atoms with Crippen molar-refractivity contribution in [2.24, 2.45) is 0 Å². The molecule has 0 saturated heterocycles.